The van der Waals surface area contributed by atoms with Crippen LogP contribution in [-0.2, 0) is 12.0 Å². The molecule has 2 rings (SSSR count). The van der Waals surface area contributed by atoms with Crippen molar-refractivity contribution in [2.24, 2.45) is 0 Å². The van der Waals surface area contributed by atoms with Crippen LogP contribution in [0.1, 0.15) is 25.0 Å². The Hall–Kier alpha value is -2.43. The molecule has 2 aromatic rings. The van der Waals surface area contributed by atoms with E-state index in [1.807, 2.05) is 26.0 Å². The minimum atomic E-state index is -0.276. The highest BCUT2D eigenvalue weighted by molar-refractivity contribution is 5.73. The fraction of sp³-hybridized carbons (Fsp3) is 0.294. The van der Waals surface area contributed by atoms with Crippen molar-refractivity contribution >= 4 is 6.03 Å². The van der Waals surface area contributed by atoms with Crippen molar-refractivity contribution in [3.8, 4) is 0 Å². The van der Waals surface area contributed by atoms with Crippen LogP contribution in [0.25, 0.3) is 0 Å². The average molecular weight is 301 g/mol. The summed E-state index contributed by atoms with van der Waals surface area (Å²) in [6.07, 6.45) is 3.37. The summed E-state index contributed by atoms with van der Waals surface area (Å²) in [5.74, 6) is -0.261. The van der Waals surface area contributed by atoms with Gasteiger partial charge in [-0.25, -0.2) is 9.18 Å². The molecule has 4 nitrogen and oxygen atoms in total. The van der Waals surface area contributed by atoms with Gasteiger partial charge in [0.1, 0.15) is 5.82 Å². The maximum atomic E-state index is 13.0. The fourth-order valence-corrected chi connectivity index (χ4v) is 2.05. The van der Waals surface area contributed by atoms with Gasteiger partial charge in [0.15, 0.2) is 0 Å². The fourth-order valence-electron chi connectivity index (χ4n) is 2.05. The molecule has 0 aliphatic carbocycles. The summed E-state index contributed by atoms with van der Waals surface area (Å²) in [4.78, 5) is 15.8. The smallest absolute Gasteiger partial charge is 0.315 e. The summed E-state index contributed by atoms with van der Waals surface area (Å²) >= 11 is 0. The molecule has 0 aliphatic rings. The number of urea groups is 1. The van der Waals surface area contributed by atoms with Crippen LogP contribution in [0.15, 0.2) is 48.8 Å². The zero-order valence-electron chi connectivity index (χ0n) is 12.8. The van der Waals surface area contributed by atoms with E-state index in [-0.39, 0.29) is 17.3 Å². The van der Waals surface area contributed by atoms with Gasteiger partial charge >= 0.3 is 6.03 Å². The van der Waals surface area contributed by atoms with Crippen molar-refractivity contribution in [3.63, 3.8) is 0 Å². The molecule has 0 radical (unpaired) electrons. The third kappa shape index (κ3) is 4.55. The maximum Gasteiger partial charge on any atom is 0.315 e. The number of hydrogen-bond donors (Lipinski definition) is 2. The largest absolute Gasteiger partial charge is 0.337 e. The molecule has 1 heterocycles. The third-order valence-corrected chi connectivity index (χ3v) is 3.52. The van der Waals surface area contributed by atoms with Gasteiger partial charge in [-0.05, 0) is 35.4 Å². The molecule has 5 heteroatoms. The number of amides is 2. The first-order chi connectivity index (χ1) is 10.5. The lowest BCUT2D eigenvalue weighted by Gasteiger charge is -2.25. The summed E-state index contributed by atoms with van der Waals surface area (Å²) in [6, 6.07) is 9.82. The van der Waals surface area contributed by atoms with Gasteiger partial charge in [0, 0.05) is 30.9 Å². The van der Waals surface area contributed by atoms with Gasteiger partial charge in [-0.2, -0.15) is 0 Å². The summed E-state index contributed by atoms with van der Waals surface area (Å²) in [5.41, 5.74) is 1.69. The normalized spacial score (nSPS) is 11.0. The molecule has 0 saturated heterocycles. The number of benzene rings is 1. The van der Waals surface area contributed by atoms with Crippen molar-refractivity contribution in [1.82, 2.24) is 15.6 Å². The van der Waals surface area contributed by atoms with Crippen molar-refractivity contribution in [2.75, 3.05) is 6.54 Å². The van der Waals surface area contributed by atoms with Gasteiger partial charge in [-0.15, -0.1) is 0 Å². The van der Waals surface area contributed by atoms with E-state index in [1.165, 1.54) is 12.1 Å². The topological polar surface area (TPSA) is 54.0 Å². The zero-order valence-corrected chi connectivity index (χ0v) is 12.8. The SMILES string of the molecule is CC(C)(CNC(=O)NCc1ccncc1)c1ccc(F)cc1. The van der Waals surface area contributed by atoms with E-state index in [0.29, 0.717) is 13.1 Å². The standard InChI is InChI=1S/C17H20FN3O/c1-17(2,14-3-5-15(18)6-4-14)12-21-16(22)20-11-13-7-9-19-10-8-13/h3-10H,11-12H2,1-2H3,(H2,20,21,22). The first kappa shape index (κ1) is 15.9. The Kier molecular flexibility index (Phi) is 5.09. The second-order valence-electron chi connectivity index (χ2n) is 5.78. The van der Waals surface area contributed by atoms with Crippen LogP contribution in [0.4, 0.5) is 9.18 Å². The van der Waals surface area contributed by atoms with Crippen LogP contribution in [0.5, 0.6) is 0 Å². The molecule has 116 valence electrons. The summed E-state index contributed by atoms with van der Waals surface area (Å²) < 4.78 is 13.0. The number of aromatic nitrogens is 1. The monoisotopic (exact) mass is 301 g/mol. The Morgan fingerprint density at radius 1 is 1.09 bits per heavy atom. The summed E-state index contributed by atoms with van der Waals surface area (Å²) in [6.45, 7) is 4.92. The number of hydrogen-bond acceptors (Lipinski definition) is 2. The molecule has 0 saturated carbocycles. The second-order valence-corrected chi connectivity index (χ2v) is 5.78. The van der Waals surface area contributed by atoms with Crippen molar-refractivity contribution in [1.29, 1.82) is 0 Å². The van der Waals surface area contributed by atoms with E-state index in [1.54, 1.807) is 24.5 Å². The molecule has 0 atom stereocenters. The predicted molar refractivity (Wildman–Crippen MR) is 83.9 cm³/mol. The lowest BCUT2D eigenvalue weighted by atomic mass is 9.84. The van der Waals surface area contributed by atoms with Gasteiger partial charge in [0.25, 0.3) is 0 Å². The average Bonchev–Trinajstić information content (AvgIpc) is 2.52. The number of carbonyl (C=O) groups excluding carboxylic acids is 1. The van der Waals surface area contributed by atoms with Crippen molar-refractivity contribution in [2.45, 2.75) is 25.8 Å². The molecular weight excluding hydrogens is 281 g/mol. The number of nitrogens with zero attached hydrogens (tertiary/aromatic N) is 1. The lowest BCUT2D eigenvalue weighted by Crippen LogP contribution is -2.42. The molecule has 2 N–H and O–H groups in total. The molecule has 1 aromatic carbocycles. The summed E-state index contributed by atoms with van der Waals surface area (Å²) in [7, 11) is 0. The van der Waals surface area contributed by atoms with Crippen molar-refractivity contribution in [3.05, 3.63) is 65.7 Å². The molecule has 0 bridgehead atoms. The van der Waals surface area contributed by atoms with Crippen LogP contribution >= 0.6 is 0 Å². The van der Waals surface area contributed by atoms with Gasteiger partial charge in [0.2, 0.25) is 0 Å². The lowest BCUT2D eigenvalue weighted by molar-refractivity contribution is 0.238. The second kappa shape index (κ2) is 7.02. The maximum absolute atomic E-state index is 13.0. The molecule has 0 aliphatic heterocycles. The Labute approximate surface area is 129 Å². The van der Waals surface area contributed by atoms with E-state index >= 15 is 0 Å². The van der Waals surface area contributed by atoms with Gasteiger partial charge in [0.05, 0.1) is 0 Å². The van der Waals surface area contributed by atoms with E-state index in [9.17, 15) is 9.18 Å². The first-order valence-corrected chi connectivity index (χ1v) is 7.14. The van der Waals surface area contributed by atoms with Crippen LogP contribution in [-0.4, -0.2) is 17.6 Å². The van der Waals surface area contributed by atoms with Gasteiger partial charge < -0.3 is 10.6 Å². The number of nitrogens with one attached hydrogen (secondary N) is 2. The van der Waals surface area contributed by atoms with Crippen LogP contribution in [0, 0.1) is 5.82 Å². The molecule has 0 unspecified atom stereocenters. The third-order valence-electron chi connectivity index (χ3n) is 3.52. The summed E-state index contributed by atoms with van der Waals surface area (Å²) in [5, 5.41) is 5.64. The van der Waals surface area contributed by atoms with Gasteiger partial charge in [-0.1, -0.05) is 26.0 Å². The van der Waals surface area contributed by atoms with E-state index < -0.39 is 0 Å². The molecular formula is C17H20FN3O. The minimum absolute atomic E-state index is 0.230. The minimum Gasteiger partial charge on any atom is -0.337 e. The number of pyridine rings is 1. The van der Waals surface area contributed by atoms with E-state index in [2.05, 4.69) is 15.6 Å². The van der Waals surface area contributed by atoms with Crippen LogP contribution in [0.3, 0.4) is 0 Å². The number of halogens is 1. The Bertz CT molecular complexity index is 612. The van der Waals surface area contributed by atoms with E-state index in [0.717, 1.165) is 11.1 Å². The highest BCUT2D eigenvalue weighted by Gasteiger charge is 2.21. The van der Waals surface area contributed by atoms with Crippen molar-refractivity contribution < 1.29 is 9.18 Å². The number of rotatable bonds is 5. The molecule has 22 heavy (non-hydrogen) atoms. The highest BCUT2D eigenvalue weighted by atomic mass is 19.1. The number of carbonyl (C=O) groups is 1. The van der Waals surface area contributed by atoms with E-state index in [4.69, 9.17) is 0 Å². The Morgan fingerprint density at radius 3 is 2.36 bits per heavy atom. The van der Waals surface area contributed by atoms with Crippen LogP contribution < -0.4 is 10.6 Å². The molecule has 2 amide bonds. The predicted octanol–water partition coefficient (Wildman–Crippen LogP) is 3.00. The molecule has 0 fully saturated rings. The quantitative estimate of drug-likeness (QED) is 0.892. The highest BCUT2D eigenvalue weighted by Crippen LogP contribution is 2.22. The van der Waals surface area contributed by atoms with Crippen LogP contribution in [0.2, 0.25) is 0 Å². The van der Waals surface area contributed by atoms with Gasteiger partial charge in [-0.3, -0.25) is 4.98 Å². The Balaban J connectivity index is 1.83. The molecule has 1 aromatic heterocycles. The zero-order chi connectivity index (χ0) is 16.0. The Morgan fingerprint density at radius 2 is 1.73 bits per heavy atom. The molecule has 0 spiro atoms. The first-order valence-electron chi connectivity index (χ1n) is 7.14.